The summed E-state index contributed by atoms with van der Waals surface area (Å²) in [5, 5.41) is 5.02. The highest BCUT2D eigenvalue weighted by Crippen LogP contribution is 2.25. The van der Waals surface area contributed by atoms with Gasteiger partial charge in [0.25, 0.3) is 0 Å². The second-order valence-electron chi connectivity index (χ2n) is 4.46. The minimum Gasteiger partial charge on any atom is -0.319 e. The predicted octanol–water partition coefficient (Wildman–Crippen LogP) is 3.30. The second kappa shape index (κ2) is 5.55. The molecule has 96 valence electrons. The van der Waals surface area contributed by atoms with Gasteiger partial charge in [0.05, 0.1) is 11.7 Å². The molecule has 0 radical (unpaired) electrons. The SMILES string of the molecule is CCCn1nccc1C(N)c1cc(Cl)ccc1C. The van der Waals surface area contributed by atoms with Crippen molar-refractivity contribution in [3.63, 3.8) is 0 Å². The van der Waals surface area contributed by atoms with Crippen molar-refractivity contribution in [3.05, 3.63) is 52.3 Å². The highest BCUT2D eigenvalue weighted by Gasteiger charge is 2.15. The van der Waals surface area contributed by atoms with Gasteiger partial charge in [-0.2, -0.15) is 5.10 Å². The fourth-order valence-electron chi connectivity index (χ4n) is 2.11. The molecule has 0 amide bonds. The van der Waals surface area contributed by atoms with E-state index in [2.05, 4.69) is 12.0 Å². The van der Waals surface area contributed by atoms with E-state index in [0.29, 0.717) is 5.02 Å². The number of benzene rings is 1. The number of nitrogens with two attached hydrogens (primary N) is 1. The Bertz CT molecular complexity index is 534. The minimum absolute atomic E-state index is 0.183. The van der Waals surface area contributed by atoms with Crippen LogP contribution < -0.4 is 5.73 Å². The van der Waals surface area contributed by atoms with Gasteiger partial charge in [0.15, 0.2) is 0 Å². The molecule has 2 aromatic rings. The Balaban J connectivity index is 2.38. The Morgan fingerprint density at radius 2 is 2.17 bits per heavy atom. The van der Waals surface area contributed by atoms with E-state index in [1.807, 2.05) is 35.9 Å². The van der Waals surface area contributed by atoms with Crippen LogP contribution >= 0.6 is 11.6 Å². The van der Waals surface area contributed by atoms with Crippen LogP contribution in [-0.4, -0.2) is 9.78 Å². The van der Waals surface area contributed by atoms with E-state index in [9.17, 15) is 0 Å². The van der Waals surface area contributed by atoms with E-state index in [-0.39, 0.29) is 6.04 Å². The van der Waals surface area contributed by atoms with Gasteiger partial charge < -0.3 is 5.73 Å². The van der Waals surface area contributed by atoms with Crippen molar-refractivity contribution in [2.24, 2.45) is 5.73 Å². The molecule has 1 atom stereocenters. The fraction of sp³-hybridized carbons (Fsp3) is 0.357. The molecule has 0 saturated carbocycles. The molecule has 18 heavy (non-hydrogen) atoms. The van der Waals surface area contributed by atoms with Gasteiger partial charge in [0, 0.05) is 17.8 Å². The third-order valence-electron chi connectivity index (χ3n) is 3.08. The van der Waals surface area contributed by atoms with Gasteiger partial charge in [-0.3, -0.25) is 4.68 Å². The summed E-state index contributed by atoms with van der Waals surface area (Å²) in [6.45, 7) is 5.06. The van der Waals surface area contributed by atoms with Crippen molar-refractivity contribution in [2.75, 3.05) is 0 Å². The summed E-state index contributed by atoms with van der Waals surface area (Å²) < 4.78 is 1.96. The molecule has 0 aliphatic heterocycles. The number of nitrogens with zero attached hydrogens (tertiary/aromatic N) is 2. The van der Waals surface area contributed by atoms with Gasteiger partial charge in [-0.25, -0.2) is 0 Å². The molecule has 2 N–H and O–H groups in total. The fourth-order valence-corrected chi connectivity index (χ4v) is 2.29. The Labute approximate surface area is 113 Å². The van der Waals surface area contributed by atoms with E-state index in [0.717, 1.165) is 29.8 Å². The molecule has 1 aromatic heterocycles. The monoisotopic (exact) mass is 263 g/mol. The third kappa shape index (κ3) is 2.57. The first-order valence-corrected chi connectivity index (χ1v) is 6.54. The van der Waals surface area contributed by atoms with E-state index in [1.165, 1.54) is 0 Å². The van der Waals surface area contributed by atoms with E-state index in [4.69, 9.17) is 17.3 Å². The van der Waals surface area contributed by atoms with Gasteiger partial charge >= 0.3 is 0 Å². The van der Waals surface area contributed by atoms with Gasteiger partial charge in [-0.05, 0) is 42.7 Å². The average Bonchev–Trinajstić information content (AvgIpc) is 2.80. The molecular weight excluding hydrogens is 246 g/mol. The molecule has 1 heterocycles. The maximum absolute atomic E-state index is 6.34. The predicted molar refractivity (Wildman–Crippen MR) is 74.7 cm³/mol. The van der Waals surface area contributed by atoms with Crippen molar-refractivity contribution in [1.29, 1.82) is 0 Å². The molecule has 1 aromatic carbocycles. The standard InChI is InChI=1S/C14H18ClN3/c1-3-8-18-13(6-7-17-18)14(16)12-9-11(15)5-4-10(12)2/h4-7,9,14H,3,8,16H2,1-2H3. The molecule has 0 aliphatic rings. The summed E-state index contributed by atoms with van der Waals surface area (Å²) >= 11 is 6.05. The number of aryl methyl sites for hydroxylation is 2. The van der Waals surface area contributed by atoms with Gasteiger partial charge in [0.2, 0.25) is 0 Å². The average molecular weight is 264 g/mol. The normalized spacial score (nSPS) is 12.7. The van der Waals surface area contributed by atoms with Gasteiger partial charge in [-0.15, -0.1) is 0 Å². The highest BCUT2D eigenvalue weighted by atomic mass is 35.5. The molecule has 4 heteroatoms. The van der Waals surface area contributed by atoms with Crippen LogP contribution in [-0.2, 0) is 6.54 Å². The van der Waals surface area contributed by atoms with Crippen LogP contribution in [0.25, 0.3) is 0 Å². The topological polar surface area (TPSA) is 43.8 Å². The lowest BCUT2D eigenvalue weighted by atomic mass is 9.99. The van der Waals surface area contributed by atoms with Crippen LogP contribution in [0.5, 0.6) is 0 Å². The van der Waals surface area contributed by atoms with Crippen LogP contribution in [0.2, 0.25) is 5.02 Å². The minimum atomic E-state index is -0.183. The number of aromatic nitrogens is 2. The van der Waals surface area contributed by atoms with Crippen LogP contribution in [0, 0.1) is 6.92 Å². The van der Waals surface area contributed by atoms with Crippen LogP contribution in [0.1, 0.15) is 36.2 Å². The van der Waals surface area contributed by atoms with Crippen molar-refractivity contribution >= 4 is 11.6 Å². The van der Waals surface area contributed by atoms with Crippen molar-refractivity contribution < 1.29 is 0 Å². The molecule has 0 saturated heterocycles. The zero-order chi connectivity index (χ0) is 13.1. The second-order valence-corrected chi connectivity index (χ2v) is 4.89. The van der Waals surface area contributed by atoms with E-state index >= 15 is 0 Å². The summed E-state index contributed by atoms with van der Waals surface area (Å²) in [4.78, 5) is 0. The molecular formula is C14H18ClN3. The number of hydrogen-bond donors (Lipinski definition) is 1. The van der Waals surface area contributed by atoms with Gasteiger partial charge in [0.1, 0.15) is 0 Å². The largest absolute Gasteiger partial charge is 0.319 e. The number of hydrogen-bond acceptors (Lipinski definition) is 2. The van der Waals surface area contributed by atoms with Crippen molar-refractivity contribution in [3.8, 4) is 0 Å². The molecule has 2 rings (SSSR count). The first-order chi connectivity index (χ1) is 8.63. The van der Waals surface area contributed by atoms with Gasteiger partial charge in [-0.1, -0.05) is 24.6 Å². The lowest BCUT2D eigenvalue weighted by molar-refractivity contribution is 0.559. The lowest BCUT2D eigenvalue weighted by Crippen LogP contribution is -2.18. The van der Waals surface area contributed by atoms with E-state index in [1.54, 1.807) is 6.20 Å². The zero-order valence-electron chi connectivity index (χ0n) is 10.7. The number of halogens is 1. The first-order valence-electron chi connectivity index (χ1n) is 6.16. The molecule has 1 unspecified atom stereocenters. The third-order valence-corrected chi connectivity index (χ3v) is 3.31. The van der Waals surface area contributed by atoms with Crippen LogP contribution in [0.15, 0.2) is 30.5 Å². The molecule has 3 nitrogen and oxygen atoms in total. The summed E-state index contributed by atoms with van der Waals surface area (Å²) in [6.07, 6.45) is 2.83. The van der Waals surface area contributed by atoms with Crippen LogP contribution in [0.4, 0.5) is 0 Å². The molecule has 0 fully saturated rings. The first kappa shape index (κ1) is 13.1. The maximum Gasteiger partial charge on any atom is 0.0726 e. The summed E-state index contributed by atoms with van der Waals surface area (Å²) in [6, 6.07) is 7.61. The smallest absolute Gasteiger partial charge is 0.0726 e. The van der Waals surface area contributed by atoms with Crippen molar-refractivity contribution in [1.82, 2.24) is 9.78 Å². The quantitative estimate of drug-likeness (QED) is 0.920. The zero-order valence-corrected chi connectivity index (χ0v) is 11.5. The Kier molecular flexibility index (Phi) is 4.04. The van der Waals surface area contributed by atoms with E-state index < -0.39 is 0 Å². The Morgan fingerprint density at radius 3 is 2.89 bits per heavy atom. The Morgan fingerprint density at radius 1 is 1.39 bits per heavy atom. The summed E-state index contributed by atoms with van der Waals surface area (Å²) in [5.74, 6) is 0. The molecule has 0 aliphatic carbocycles. The summed E-state index contributed by atoms with van der Waals surface area (Å²) in [5.41, 5.74) is 9.58. The Hall–Kier alpha value is -1.32. The summed E-state index contributed by atoms with van der Waals surface area (Å²) in [7, 11) is 0. The van der Waals surface area contributed by atoms with Crippen LogP contribution in [0.3, 0.4) is 0 Å². The lowest BCUT2D eigenvalue weighted by Gasteiger charge is -2.17. The maximum atomic E-state index is 6.34. The molecule has 0 bridgehead atoms. The highest BCUT2D eigenvalue weighted by molar-refractivity contribution is 6.30. The number of rotatable bonds is 4. The van der Waals surface area contributed by atoms with Crippen molar-refractivity contribution in [2.45, 2.75) is 32.9 Å². The molecule has 0 spiro atoms.